The molecule has 0 aliphatic rings. The Balaban J connectivity index is 2.15. The summed E-state index contributed by atoms with van der Waals surface area (Å²) >= 11 is 8.19. The van der Waals surface area contributed by atoms with E-state index in [0.717, 1.165) is 16.8 Å². The molecule has 0 radical (unpaired) electrons. The van der Waals surface area contributed by atoms with Crippen molar-refractivity contribution in [3.8, 4) is 22.6 Å². The van der Waals surface area contributed by atoms with Crippen molar-refractivity contribution in [1.29, 1.82) is 0 Å². The Morgan fingerprint density at radius 3 is 2.26 bits per heavy atom. The fraction of sp³-hybridized carbons (Fsp3) is 0. The van der Waals surface area contributed by atoms with Gasteiger partial charge < -0.3 is 4.42 Å². The fourth-order valence-corrected chi connectivity index (χ4v) is 2.40. The molecule has 0 aliphatic heterocycles. The zero-order valence-electron chi connectivity index (χ0n) is 9.81. The highest BCUT2D eigenvalue weighted by atomic mass is 127. The summed E-state index contributed by atoms with van der Waals surface area (Å²) in [6.07, 6.45) is 0. The minimum Gasteiger partial charge on any atom is -0.427 e. The molecule has 3 rings (SSSR count). The van der Waals surface area contributed by atoms with E-state index in [1.807, 2.05) is 54.6 Å². The number of benzene rings is 2. The lowest BCUT2D eigenvalue weighted by Gasteiger charge is -2.01. The third-order valence-electron chi connectivity index (χ3n) is 2.75. The van der Waals surface area contributed by atoms with Crippen LogP contribution in [0.15, 0.2) is 59.0 Å². The molecule has 2 aromatic carbocycles. The molecule has 1 heterocycles. The molecule has 3 aromatic rings. The van der Waals surface area contributed by atoms with E-state index in [4.69, 9.17) is 16.0 Å². The third-order valence-corrected chi connectivity index (χ3v) is 3.64. The van der Waals surface area contributed by atoms with Crippen LogP contribution in [0.2, 0.25) is 5.35 Å². The van der Waals surface area contributed by atoms with Crippen LogP contribution in [0.1, 0.15) is 0 Å². The van der Waals surface area contributed by atoms with Gasteiger partial charge in [0.2, 0.25) is 0 Å². The van der Waals surface area contributed by atoms with E-state index in [9.17, 15) is 0 Å². The van der Waals surface area contributed by atoms with Gasteiger partial charge in [-0.2, -0.15) is 4.98 Å². The summed E-state index contributed by atoms with van der Waals surface area (Å²) in [5.41, 5.74) is 2.73. The van der Waals surface area contributed by atoms with Gasteiger partial charge in [-0.05, 0) is 46.3 Å². The van der Waals surface area contributed by atoms with E-state index in [-0.39, 0.29) is 5.35 Å². The first-order valence-corrected chi connectivity index (χ1v) is 7.17. The first-order valence-electron chi connectivity index (χ1n) is 5.72. The van der Waals surface area contributed by atoms with Crippen LogP contribution in [0.25, 0.3) is 22.6 Å². The number of hydrogen-bond acceptors (Lipinski definition) is 2. The summed E-state index contributed by atoms with van der Waals surface area (Å²) in [6, 6.07) is 17.9. The molecule has 0 unspecified atom stereocenters. The van der Waals surface area contributed by atoms with E-state index >= 15 is 0 Å². The van der Waals surface area contributed by atoms with Crippen LogP contribution in [-0.2, 0) is 0 Å². The van der Waals surface area contributed by atoms with Crippen LogP contribution < -0.4 is 0 Å². The Morgan fingerprint density at radius 2 is 1.58 bits per heavy atom. The van der Waals surface area contributed by atoms with E-state index in [1.54, 1.807) is 0 Å². The standard InChI is InChI=1S/C15H9ClINO/c16-15-18-13(10-6-8-12(17)9-7-10)14(19-15)11-4-2-1-3-5-11/h1-9H. The highest BCUT2D eigenvalue weighted by molar-refractivity contribution is 14.1. The predicted molar refractivity (Wildman–Crippen MR) is 85.1 cm³/mol. The smallest absolute Gasteiger partial charge is 0.293 e. The van der Waals surface area contributed by atoms with Crippen molar-refractivity contribution in [1.82, 2.24) is 4.98 Å². The molecule has 0 saturated heterocycles. The lowest BCUT2D eigenvalue weighted by molar-refractivity contribution is 0.574. The number of halogens is 2. The largest absolute Gasteiger partial charge is 0.427 e. The van der Waals surface area contributed by atoms with Crippen molar-refractivity contribution in [2.24, 2.45) is 0 Å². The lowest BCUT2D eigenvalue weighted by atomic mass is 10.1. The van der Waals surface area contributed by atoms with Gasteiger partial charge in [0, 0.05) is 14.7 Å². The minimum absolute atomic E-state index is 0.160. The van der Waals surface area contributed by atoms with Gasteiger partial charge in [-0.1, -0.05) is 42.5 Å². The van der Waals surface area contributed by atoms with Crippen LogP contribution in [-0.4, -0.2) is 4.98 Å². The SMILES string of the molecule is Clc1nc(-c2ccc(I)cc2)c(-c2ccccc2)o1. The summed E-state index contributed by atoms with van der Waals surface area (Å²) in [7, 11) is 0. The summed E-state index contributed by atoms with van der Waals surface area (Å²) in [5.74, 6) is 0.701. The van der Waals surface area contributed by atoms with Crippen LogP contribution in [0.3, 0.4) is 0 Å². The van der Waals surface area contributed by atoms with E-state index < -0.39 is 0 Å². The van der Waals surface area contributed by atoms with E-state index in [1.165, 1.54) is 3.57 Å². The van der Waals surface area contributed by atoms with Gasteiger partial charge in [0.15, 0.2) is 5.76 Å². The molecule has 0 fully saturated rings. The lowest BCUT2D eigenvalue weighted by Crippen LogP contribution is -1.82. The average Bonchev–Trinajstić information content (AvgIpc) is 2.83. The van der Waals surface area contributed by atoms with Crippen LogP contribution in [0.5, 0.6) is 0 Å². The minimum atomic E-state index is 0.160. The molecule has 4 heteroatoms. The zero-order valence-corrected chi connectivity index (χ0v) is 12.7. The average molecular weight is 382 g/mol. The van der Waals surface area contributed by atoms with E-state index in [2.05, 4.69) is 27.6 Å². The molecule has 0 amide bonds. The van der Waals surface area contributed by atoms with Crippen LogP contribution in [0.4, 0.5) is 0 Å². The first-order chi connectivity index (χ1) is 9.24. The van der Waals surface area contributed by atoms with Crippen molar-refractivity contribution in [3.63, 3.8) is 0 Å². The fourth-order valence-electron chi connectivity index (χ4n) is 1.88. The molecule has 1 aromatic heterocycles. The molecule has 0 saturated carbocycles. The zero-order chi connectivity index (χ0) is 13.2. The highest BCUT2D eigenvalue weighted by Gasteiger charge is 2.15. The van der Waals surface area contributed by atoms with Crippen molar-refractivity contribution in [2.75, 3.05) is 0 Å². The first kappa shape index (κ1) is 12.7. The van der Waals surface area contributed by atoms with Crippen LogP contribution in [0, 0.1) is 3.57 Å². The Kier molecular flexibility index (Phi) is 3.57. The topological polar surface area (TPSA) is 26.0 Å². The van der Waals surface area contributed by atoms with Gasteiger partial charge in [-0.15, -0.1) is 0 Å². The molecule has 0 atom stereocenters. The number of aromatic nitrogens is 1. The maximum Gasteiger partial charge on any atom is 0.293 e. The van der Waals surface area contributed by atoms with E-state index in [0.29, 0.717) is 5.76 Å². The van der Waals surface area contributed by atoms with Crippen molar-refractivity contribution >= 4 is 34.2 Å². The second kappa shape index (κ2) is 5.35. The van der Waals surface area contributed by atoms with Gasteiger partial charge in [0.25, 0.3) is 5.35 Å². The highest BCUT2D eigenvalue weighted by Crippen LogP contribution is 2.34. The molecular weight excluding hydrogens is 373 g/mol. The Bertz CT molecular complexity index is 692. The second-order valence-corrected chi connectivity index (χ2v) is 5.59. The quantitative estimate of drug-likeness (QED) is 0.565. The Labute approximate surface area is 129 Å². The monoisotopic (exact) mass is 381 g/mol. The summed E-state index contributed by atoms with van der Waals surface area (Å²) < 4.78 is 6.72. The van der Waals surface area contributed by atoms with Crippen molar-refractivity contribution in [2.45, 2.75) is 0 Å². The molecule has 2 nitrogen and oxygen atoms in total. The van der Waals surface area contributed by atoms with Gasteiger partial charge >= 0.3 is 0 Å². The van der Waals surface area contributed by atoms with Gasteiger partial charge in [0.1, 0.15) is 5.69 Å². The second-order valence-electron chi connectivity index (χ2n) is 4.02. The molecule has 0 bridgehead atoms. The maximum absolute atomic E-state index is 5.92. The van der Waals surface area contributed by atoms with Gasteiger partial charge in [0.05, 0.1) is 0 Å². The summed E-state index contributed by atoms with van der Waals surface area (Å²) in [5, 5.41) is 0.160. The number of oxazole rings is 1. The molecule has 0 spiro atoms. The van der Waals surface area contributed by atoms with Gasteiger partial charge in [-0.25, -0.2) is 0 Å². The molecule has 19 heavy (non-hydrogen) atoms. The molecule has 94 valence electrons. The van der Waals surface area contributed by atoms with Crippen molar-refractivity contribution in [3.05, 3.63) is 63.5 Å². The molecule has 0 aliphatic carbocycles. The molecule has 0 N–H and O–H groups in total. The van der Waals surface area contributed by atoms with Gasteiger partial charge in [-0.3, -0.25) is 0 Å². The maximum atomic E-state index is 5.92. The Hall–Kier alpha value is -1.33. The van der Waals surface area contributed by atoms with Crippen LogP contribution >= 0.6 is 34.2 Å². The Morgan fingerprint density at radius 1 is 0.895 bits per heavy atom. The number of rotatable bonds is 2. The summed E-state index contributed by atoms with van der Waals surface area (Å²) in [4.78, 5) is 4.28. The third kappa shape index (κ3) is 2.67. The predicted octanol–water partition coefficient (Wildman–Crippen LogP) is 5.27. The number of nitrogens with zero attached hydrogens (tertiary/aromatic N) is 1. The summed E-state index contributed by atoms with van der Waals surface area (Å²) in [6.45, 7) is 0. The normalized spacial score (nSPS) is 10.6. The van der Waals surface area contributed by atoms with Crippen molar-refractivity contribution < 1.29 is 4.42 Å². The number of hydrogen-bond donors (Lipinski definition) is 0. The molecular formula is C15H9ClINO.